The number of benzene rings is 1. The van der Waals surface area contributed by atoms with E-state index in [4.69, 9.17) is 19.7 Å². The summed E-state index contributed by atoms with van der Waals surface area (Å²) in [6, 6.07) is 4.15. The van der Waals surface area contributed by atoms with Crippen molar-refractivity contribution in [1.82, 2.24) is 15.1 Å². The second-order valence-corrected chi connectivity index (χ2v) is 14.9. The molecular weight excluding hydrogens is 616 g/mol. The van der Waals surface area contributed by atoms with E-state index in [0.29, 0.717) is 5.56 Å². The normalized spacial score (nSPS) is 30.0. The van der Waals surface area contributed by atoms with E-state index < -0.39 is 75.6 Å². The van der Waals surface area contributed by atoms with E-state index in [1.54, 1.807) is 51.1 Å². The lowest BCUT2D eigenvalue weighted by Crippen LogP contribution is -2.71. The fourth-order valence-electron chi connectivity index (χ4n) is 5.82. The second-order valence-electron chi connectivity index (χ2n) is 11.4. The van der Waals surface area contributed by atoms with Gasteiger partial charge in [-0.1, -0.05) is 35.4 Å². The Morgan fingerprint density at radius 1 is 1.05 bits per heavy atom. The van der Waals surface area contributed by atoms with Gasteiger partial charge in [0, 0.05) is 16.6 Å². The molecule has 4 heterocycles. The maximum Gasteiger partial charge on any atom is 0.333 e. The third-order valence-corrected chi connectivity index (χ3v) is 11.0. The van der Waals surface area contributed by atoms with Crippen LogP contribution in [0.4, 0.5) is 0 Å². The van der Waals surface area contributed by atoms with Crippen molar-refractivity contribution < 1.29 is 43.0 Å². The van der Waals surface area contributed by atoms with E-state index in [2.05, 4.69) is 15.3 Å². The van der Waals surface area contributed by atoms with Gasteiger partial charge in [0.15, 0.2) is 0 Å². The van der Waals surface area contributed by atoms with Crippen LogP contribution in [0.2, 0.25) is 0 Å². The van der Waals surface area contributed by atoms with Gasteiger partial charge in [-0.2, -0.15) is 0 Å². The Morgan fingerprint density at radius 3 is 2.32 bits per heavy atom. The number of nitrogens with zero attached hydrogens (tertiary/aromatic N) is 5. The Kier molecular flexibility index (Phi) is 8.48. The van der Waals surface area contributed by atoms with Gasteiger partial charge < -0.3 is 29.3 Å². The molecule has 0 spiro atoms. The Bertz CT molecular complexity index is 1450. The van der Waals surface area contributed by atoms with E-state index in [-0.39, 0.29) is 24.3 Å². The first kappa shape index (κ1) is 31.5. The summed E-state index contributed by atoms with van der Waals surface area (Å²) < 4.78 is 13.9. The first-order chi connectivity index (χ1) is 20.8. The number of carbonyl (C=O) groups is 6. The lowest BCUT2D eigenvalue weighted by Gasteiger charge is -2.44. The topological polar surface area (TPSA) is 197 Å². The van der Waals surface area contributed by atoms with Gasteiger partial charge in [0.2, 0.25) is 24.5 Å². The molecule has 7 atom stereocenters. The molecule has 17 heteroatoms. The van der Waals surface area contributed by atoms with Crippen LogP contribution < -0.4 is 5.32 Å². The van der Waals surface area contributed by atoms with E-state index in [0.717, 1.165) is 0 Å². The molecule has 0 aliphatic carbocycles. The summed E-state index contributed by atoms with van der Waals surface area (Å²) in [5, 5.41) is 5.39. The summed E-state index contributed by atoms with van der Waals surface area (Å²) >= 11 is 2.63. The van der Waals surface area contributed by atoms with Crippen molar-refractivity contribution in [3.8, 4) is 0 Å². The summed E-state index contributed by atoms with van der Waals surface area (Å²) in [4.78, 5) is 81.6. The number of β-lactam (4-membered cyclic amide) rings is 2. The maximum absolute atomic E-state index is 13.2. The molecule has 0 saturated carbocycles. The first-order valence-electron chi connectivity index (χ1n) is 13.6. The summed E-state index contributed by atoms with van der Waals surface area (Å²) in [5.74, 6) is -3.57. The molecule has 1 aromatic rings. The molecule has 0 bridgehead atoms. The SMILES string of the molecule is CC(=O)OC[C@]1(C)S[C@H]2CC(=O)N2[C@H]1C(=O)OCOC(=O)[C@@H]1N2C(=O)[C@@H](NC(=O)C(N=[N+]=[N-])c3ccccc3)[C@H]2SC1(C)C. The number of esters is 3. The van der Waals surface area contributed by atoms with Crippen LogP contribution in [-0.2, 0) is 43.0 Å². The molecule has 4 saturated heterocycles. The lowest BCUT2D eigenvalue weighted by molar-refractivity contribution is -0.182. The molecule has 5 rings (SSSR count). The summed E-state index contributed by atoms with van der Waals surface area (Å²) in [5.41, 5.74) is 9.43. The van der Waals surface area contributed by atoms with Gasteiger partial charge in [0.1, 0.15) is 36.1 Å². The van der Waals surface area contributed by atoms with Gasteiger partial charge in [-0.15, -0.1) is 23.5 Å². The van der Waals surface area contributed by atoms with Gasteiger partial charge >= 0.3 is 17.9 Å². The number of rotatable bonds is 10. The highest BCUT2D eigenvalue weighted by molar-refractivity contribution is 8.02. The largest absolute Gasteiger partial charge is 0.464 e. The first-order valence-corrected chi connectivity index (χ1v) is 15.4. The zero-order valence-corrected chi connectivity index (χ0v) is 25.8. The van der Waals surface area contributed by atoms with Crippen LogP contribution in [0.25, 0.3) is 10.4 Å². The number of nitrogens with one attached hydrogen (secondary N) is 1. The van der Waals surface area contributed by atoms with Crippen LogP contribution in [0.15, 0.2) is 35.4 Å². The molecule has 4 aliphatic heterocycles. The highest BCUT2D eigenvalue weighted by atomic mass is 32.2. The molecule has 4 aliphatic rings. The minimum Gasteiger partial charge on any atom is -0.464 e. The zero-order valence-electron chi connectivity index (χ0n) is 24.2. The fraction of sp³-hybridized carbons (Fsp3) is 0.556. The predicted octanol–water partition coefficient (Wildman–Crippen LogP) is 1.62. The summed E-state index contributed by atoms with van der Waals surface area (Å²) in [6.45, 7) is 5.56. The lowest BCUT2D eigenvalue weighted by atomic mass is 9.95. The molecule has 1 unspecified atom stereocenters. The van der Waals surface area contributed by atoms with E-state index in [1.807, 2.05) is 0 Å². The Morgan fingerprint density at radius 2 is 1.70 bits per heavy atom. The number of thioether (sulfide) groups is 2. The molecule has 15 nitrogen and oxygen atoms in total. The third kappa shape index (κ3) is 5.55. The Balaban J connectivity index is 1.19. The van der Waals surface area contributed by atoms with Crippen LogP contribution in [0.3, 0.4) is 0 Å². The molecule has 44 heavy (non-hydrogen) atoms. The minimum atomic E-state index is -1.19. The summed E-state index contributed by atoms with van der Waals surface area (Å²) in [7, 11) is 0. The number of azide groups is 1. The molecule has 0 radical (unpaired) electrons. The van der Waals surface area contributed by atoms with Gasteiger partial charge in [-0.05, 0) is 31.9 Å². The highest BCUT2D eigenvalue weighted by Gasteiger charge is 2.65. The average Bonchev–Trinajstić information content (AvgIpc) is 3.37. The van der Waals surface area contributed by atoms with Crippen molar-refractivity contribution >= 4 is 59.2 Å². The quantitative estimate of drug-likeness (QED) is 0.0968. The molecule has 234 valence electrons. The van der Waals surface area contributed by atoms with Crippen molar-refractivity contribution in [3.05, 3.63) is 46.3 Å². The van der Waals surface area contributed by atoms with Gasteiger partial charge in [0.25, 0.3) is 0 Å². The van der Waals surface area contributed by atoms with Crippen LogP contribution in [0.5, 0.6) is 0 Å². The molecule has 1 N–H and O–H groups in total. The van der Waals surface area contributed by atoms with Crippen molar-refractivity contribution in [2.75, 3.05) is 13.4 Å². The average molecular weight is 647 g/mol. The molecule has 4 fully saturated rings. The number of hydrogen-bond acceptors (Lipinski definition) is 12. The number of amides is 3. The predicted molar refractivity (Wildman–Crippen MR) is 155 cm³/mol. The van der Waals surface area contributed by atoms with E-state index in [1.165, 1.54) is 40.2 Å². The van der Waals surface area contributed by atoms with Gasteiger partial charge in [-0.25, -0.2) is 9.59 Å². The smallest absolute Gasteiger partial charge is 0.333 e. The van der Waals surface area contributed by atoms with Gasteiger partial charge in [0.05, 0.1) is 16.5 Å². The number of hydrogen-bond donors (Lipinski definition) is 1. The maximum atomic E-state index is 13.2. The van der Waals surface area contributed by atoms with Crippen LogP contribution in [0, 0.1) is 0 Å². The minimum absolute atomic E-state index is 0.120. The number of ether oxygens (including phenoxy) is 3. The van der Waals surface area contributed by atoms with Crippen molar-refractivity contribution in [2.45, 2.75) is 78.5 Å². The van der Waals surface area contributed by atoms with Crippen molar-refractivity contribution in [1.29, 1.82) is 0 Å². The standard InChI is InChI=1S/C27H30N6O9S2/c1-13(34)40-11-27(4)20(32-15(35)10-16(32)43-27)25(39)42-12-41-24(38)19-26(2,3)44-23-18(22(37)33(19)23)29-21(36)17(30-31-28)14-8-6-5-7-9-14/h5-9,16-20,23H,10-12H2,1-4H3,(H,29,36)/t16-,17?,18+,19-,20-,23+,27-/m0/s1. The molecule has 0 aromatic heterocycles. The van der Waals surface area contributed by atoms with E-state index >= 15 is 0 Å². The highest BCUT2D eigenvalue weighted by Crippen LogP contribution is 2.52. The van der Waals surface area contributed by atoms with Crippen LogP contribution in [0.1, 0.15) is 45.7 Å². The van der Waals surface area contributed by atoms with Crippen LogP contribution in [-0.4, -0.2) is 97.2 Å². The van der Waals surface area contributed by atoms with Crippen LogP contribution >= 0.6 is 23.5 Å². The number of carbonyl (C=O) groups excluding carboxylic acids is 6. The fourth-order valence-corrected chi connectivity index (χ4v) is 9.11. The molecular formula is C27H30N6O9S2. The second kappa shape index (κ2) is 11.9. The third-order valence-electron chi connectivity index (χ3n) is 7.89. The monoisotopic (exact) mass is 646 g/mol. The zero-order chi connectivity index (χ0) is 32.0. The van der Waals surface area contributed by atoms with Crippen molar-refractivity contribution in [2.24, 2.45) is 5.11 Å². The Labute approximate surface area is 260 Å². The Hall–Kier alpha value is -3.95. The number of fused-ring (bicyclic) bond motifs is 2. The van der Waals surface area contributed by atoms with E-state index in [9.17, 15) is 28.8 Å². The molecule has 3 amide bonds. The van der Waals surface area contributed by atoms with Gasteiger partial charge in [-0.3, -0.25) is 19.2 Å². The molecule has 1 aromatic carbocycles. The van der Waals surface area contributed by atoms with Crippen molar-refractivity contribution in [3.63, 3.8) is 0 Å². The summed E-state index contributed by atoms with van der Waals surface area (Å²) in [6.07, 6.45) is 0.248.